The van der Waals surface area contributed by atoms with E-state index in [4.69, 9.17) is 0 Å². The molecule has 1 aromatic heterocycles. The maximum absolute atomic E-state index is 11.4. The fraction of sp³-hybridized carbons (Fsp3) is 0.417. The van der Waals surface area contributed by atoms with Gasteiger partial charge in [-0.25, -0.2) is 0 Å². The Labute approximate surface area is 90.4 Å². The fourth-order valence-electron chi connectivity index (χ4n) is 1.33. The summed E-state index contributed by atoms with van der Waals surface area (Å²) in [7, 11) is 0. The maximum atomic E-state index is 11.4. The molecule has 82 valence electrons. The molecule has 0 saturated heterocycles. The Kier molecular flexibility index (Phi) is 4.84. The van der Waals surface area contributed by atoms with E-state index in [-0.39, 0.29) is 5.56 Å². The van der Waals surface area contributed by atoms with E-state index in [9.17, 15) is 4.79 Å². The van der Waals surface area contributed by atoms with Crippen molar-refractivity contribution in [3.05, 3.63) is 46.9 Å². The number of hydrogen-bond acceptors (Lipinski definition) is 2. The summed E-state index contributed by atoms with van der Waals surface area (Å²) in [4.78, 5) is 11.4. The molecule has 0 saturated carbocycles. The van der Waals surface area contributed by atoms with Crippen LogP contribution in [0.2, 0.25) is 0 Å². The number of rotatable bonds is 6. The highest BCUT2D eigenvalue weighted by atomic mass is 16.1. The molecule has 0 spiro atoms. The molecule has 1 aromatic rings. The van der Waals surface area contributed by atoms with Crippen LogP contribution in [0.1, 0.15) is 13.3 Å². The van der Waals surface area contributed by atoms with Crippen molar-refractivity contribution in [2.75, 3.05) is 13.1 Å². The van der Waals surface area contributed by atoms with Gasteiger partial charge in [0.25, 0.3) is 5.56 Å². The molecule has 0 aliphatic carbocycles. The zero-order valence-corrected chi connectivity index (χ0v) is 9.20. The molecule has 1 rings (SSSR count). The highest BCUT2D eigenvalue weighted by molar-refractivity contribution is 5.01. The molecule has 0 radical (unpaired) electrons. The third kappa shape index (κ3) is 4.13. The van der Waals surface area contributed by atoms with Gasteiger partial charge in [-0.15, -0.1) is 0 Å². The lowest BCUT2D eigenvalue weighted by Gasteiger charge is -2.08. The second-order valence-electron chi connectivity index (χ2n) is 3.59. The van der Waals surface area contributed by atoms with Gasteiger partial charge in [-0.05, 0) is 24.6 Å². The molecule has 0 aliphatic rings. The van der Waals surface area contributed by atoms with Gasteiger partial charge in [-0.1, -0.05) is 19.6 Å². The predicted octanol–water partition coefficient (Wildman–Crippen LogP) is 1.40. The van der Waals surface area contributed by atoms with Crippen molar-refractivity contribution in [3.63, 3.8) is 0 Å². The van der Waals surface area contributed by atoms with Crippen LogP contribution in [0.5, 0.6) is 0 Å². The van der Waals surface area contributed by atoms with E-state index >= 15 is 0 Å². The van der Waals surface area contributed by atoms with Gasteiger partial charge in [0.05, 0.1) is 0 Å². The highest BCUT2D eigenvalue weighted by Crippen LogP contribution is 1.93. The standard InChI is InChI=1S/C12H18N2O/c1-3-7-13-9-11(2)10-14-8-5-4-6-12(14)15/h4-6,8,13H,2-3,7,9-10H2,1H3. The Balaban J connectivity index is 2.45. The summed E-state index contributed by atoms with van der Waals surface area (Å²) in [5, 5.41) is 3.26. The molecule has 0 unspecified atom stereocenters. The molecular weight excluding hydrogens is 188 g/mol. The monoisotopic (exact) mass is 206 g/mol. The third-order valence-electron chi connectivity index (χ3n) is 2.09. The maximum Gasteiger partial charge on any atom is 0.250 e. The second kappa shape index (κ2) is 6.19. The Hall–Kier alpha value is -1.35. The molecule has 0 aliphatic heterocycles. The predicted molar refractivity (Wildman–Crippen MR) is 63.0 cm³/mol. The van der Waals surface area contributed by atoms with Crippen LogP contribution < -0.4 is 10.9 Å². The Morgan fingerprint density at radius 1 is 1.53 bits per heavy atom. The SMILES string of the molecule is C=C(CNCCC)Cn1ccccc1=O. The first-order chi connectivity index (χ1) is 7.24. The van der Waals surface area contributed by atoms with Gasteiger partial charge in [0.15, 0.2) is 0 Å². The summed E-state index contributed by atoms with van der Waals surface area (Å²) in [6.45, 7) is 8.42. The van der Waals surface area contributed by atoms with E-state index < -0.39 is 0 Å². The number of pyridine rings is 1. The minimum absolute atomic E-state index is 0.0224. The van der Waals surface area contributed by atoms with Gasteiger partial charge in [-0.2, -0.15) is 0 Å². The smallest absolute Gasteiger partial charge is 0.250 e. The summed E-state index contributed by atoms with van der Waals surface area (Å²) >= 11 is 0. The van der Waals surface area contributed by atoms with Gasteiger partial charge in [0.1, 0.15) is 0 Å². The van der Waals surface area contributed by atoms with Gasteiger partial charge in [0.2, 0.25) is 0 Å². The number of aromatic nitrogens is 1. The summed E-state index contributed by atoms with van der Waals surface area (Å²) in [5.41, 5.74) is 1.05. The topological polar surface area (TPSA) is 34.0 Å². The molecule has 1 N–H and O–H groups in total. The first-order valence-corrected chi connectivity index (χ1v) is 5.27. The first kappa shape index (κ1) is 11.7. The van der Waals surface area contributed by atoms with E-state index in [1.165, 1.54) is 0 Å². The van der Waals surface area contributed by atoms with E-state index in [0.29, 0.717) is 6.54 Å². The van der Waals surface area contributed by atoms with Crippen molar-refractivity contribution >= 4 is 0 Å². The summed E-state index contributed by atoms with van der Waals surface area (Å²) in [5.74, 6) is 0. The van der Waals surface area contributed by atoms with Crippen molar-refractivity contribution in [2.45, 2.75) is 19.9 Å². The van der Waals surface area contributed by atoms with E-state index in [1.807, 2.05) is 6.07 Å². The normalized spacial score (nSPS) is 10.2. The van der Waals surface area contributed by atoms with Crippen LogP contribution in [0.15, 0.2) is 41.3 Å². The number of hydrogen-bond donors (Lipinski definition) is 1. The zero-order chi connectivity index (χ0) is 11.1. The fourth-order valence-corrected chi connectivity index (χ4v) is 1.33. The summed E-state index contributed by atoms with van der Waals surface area (Å²) in [6.07, 6.45) is 2.89. The molecule has 15 heavy (non-hydrogen) atoms. The molecular formula is C12H18N2O. The molecule has 0 fully saturated rings. The highest BCUT2D eigenvalue weighted by Gasteiger charge is 1.97. The average Bonchev–Trinajstić information content (AvgIpc) is 2.22. The number of nitrogens with one attached hydrogen (secondary N) is 1. The van der Waals surface area contributed by atoms with Crippen molar-refractivity contribution in [3.8, 4) is 0 Å². The second-order valence-corrected chi connectivity index (χ2v) is 3.59. The van der Waals surface area contributed by atoms with Gasteiger partial charge in [-0.3, -0.25) is 4.79 Å². The third-order valence-corrected chi connectivity index (χ3v) is 2.09. The molecule has 3 heteroatoms. The molecule has 0 bridgehead atoms. The molecule has 0 amide bonds. The Morgan fingerprint density at radius 3 is 3.00 bits per heavy atom. The minimum Gasteiger partial charge on any atom is -0.313 e. The van der Waals surface area contributed by atoms with Crippen LogP contribution in [0.3, 0.4) is 0 Å². The summed E-state index contributed by atoms with van der Waals surface area (Å²) in [6, 6.07) is 5.16. The van der Waals surface area contributed by atoms with Crippen molar-refractivity contribution in [1.82, 2.24) is 9.88 Å². The quantitative estimate of drug-likeness (QED) is 0.564. The van der Waals surface area contributed by atoms with Gasteiger partial charge in [0, 0.05) is 25.4 Å². The first-order valence-electron chi connectivity index (χ1n) is 5.27. The zero-order valence-electron chi connectivity index (χ0n) is 9.20. The minimum atomic E-state index is 0.0224. The largest absolute Gasteiger partial charge is 0.313 e. The van der Waals surface area contributed by atoms with Crippen LogP contribution in [0.25, 0.3) is 0 Å². The van der Waals surface area contributed by atoms with Crippen LogP contribution in [0.4, 0.5) is 0 Å². The van der Waals surface area contributed by atoms with E-state index in [0.717, 1.165) is 25.1 Å². The lowest BCUT2D eigenvalue weighted by molar-refractivity contribution is 0.664. The van der Waals surface area contributed by atoms with Crippen molar-refractivity contribution < 1.29 is 0 Å². The van der Waals surface area contributed by atoms with Crippen LogP contribution in [0, 0.1) is 0 Å². The van der Waals surface area contributed by atoms with Crippen molar-refractivity contribution in [2.24, 2.45) is 0 Å². The van der Waals surface area contributed by atoms with Crippen LogP contribution in [-0.2, 0) is 6.54 Å². The molecule has 0 atom stereocenters. The Morgan fingerprint density at radius 2 is 2.33 bits per heavy atom. The molecule has 3 nitrogen and oxygen atoms in total. The summed E-state index contributed by atoms with van der Waals surface area (Å²) < 4.78 is 1.66. The van der Waals surface area contributed by atoms with Gasteiger partial charge >= 0.3 is 0 Å². The van der Waals surface area contributed by atoms with E-state index in [1.54, 1.807) is 22.9 Å². The number of nitrogens with zero attached hydrogens (tertiary/aromatic N) is 1. The molecule has 0 aromatic carbocycles. The van der Waals surface area contributed by atoms with Crippen molar-refractivity contribution in [1.29, 1.82) is 0 Å². The lowest BCUT2D eigenvalue weighted by Crippen LogP contribution is -2.24. The molecule has 1 heterocycles. The van der Waals surface area contributed by atoms with E-state index in [2.05, 4.69) is 18.8 Å². The lowest BCUT2D eigenvalue weighted by atomic mass is 10.3. The van der Waals surface area contributed by atoms with Crippen LogP contribution in [-0.4, -0.2) is 17.7 Å². The van der Waals surface area contributed by atoms with Crippen LogP contribution >= 0.6 is 0 Å². The Bertz CT molecular complexity index is 368. The average molecular weight is 206 g/mol. The van der Waals surface area contributed by atoms with Gasteiger partial charge < -0.3 is 9.88 Å².